The number of nitrogens with one attached hydrogen (secondary N) is 3. The molecule has 0 radical (unpaired) electrons. The van der Waals surface area contributed by atoms with Crippen molar-refractivity contribution in [3.05, 3.63) is 54.4 Å². The van der Waals surface area contributed by atoms with E-state index in [1.54, 1.807) is 25.6 Å². The number of ether oxygens (including phenoxy) is 1. The molecule has 1 fully saturated rings. The number of para-hydroxylation sites is 2. The van der Waals surface area contributed by atoms with E-state index in [1.807, 2.05) is 34.9 Å². The highest BCUT2D eigenvalue weighted by molar-refractivity contribution is 5.97. The number of urea groups is 1. The van der Waals surface area contributed by atoms with E-state index in [4.69, 9.17) is 4.74 Å². The van der Waals surface area contributed by atoms with E-state index in [2.05, 4.69) is 20.9 Å². The standard InChI is InChI=1S/C23H27N5O3/c1-31-21-9-5-4-8-18(21)27-23(30)24-12-13-28-15-25-19-14-16(10-11-20(19)28)22(29)26-17-6-2-3-7-17/h4-5,8-11,14-15,17H,2-3,6-7,12-13H2,1H3,(H,26,29)(H2,24,27,30). The Morgan fingerprint density at radius 3 is 2.77 bits per heavy atom. The van der Waals surface area contributed by atoms with Crippen LogP contribution < -0.4 is 20.7 Å². The second-order valence-corrected chi connectivity index (χ2v) is 7.68. The zero-order valence-electron chi connectivity index (χ0n) is 17.6. The normalized spacial score (nSPS) is 13.8. The highest BCUT2D eigenvalue weighted by Gasteiger charge is 2.18. The summed E-state index contributed by atoms with van der Waals surface area (Å²) in [6.45, 7) is 0.986. The summed E-state index contributed by atoms with van der Waals surface area (Å²) in [7, 11) is 1.56. The van der Waals surface area contributed by atoms with Crippen LogP contribution in [0.15, 0.2) is 48.8 Å². The lowest BCUT2D eigenvalue weighted by Crippen LogP contribution is -2.32. The molecule has 1 aromatic heterocycles. The van der Waals surface area contributed by atoms with Gasteiger partial charge in [-0.3, -0.25) is 4.79 Å². The summed E-state index contributed by atoms with van der Waals surface area (Å²) in [5, 5.41) is 8.73. The van der Waals surface area contributed by atoms with Gasteiger partial charge < -0.3 is 25.3 Å². The fraction of sp³-hybridized carbons (Fsp3) is 0.348. The Bertz CT molecular complexity index is 1070. The molecule has 1 aliphatic rings. The molecule has 3 aromatic rings. The van der Waals surface area contributed by atoms with Gasteiger partial charge in [0.1, 0.15) is 5.75 Å². The number of hydrogen-bond acceptors (Lipinski definition) is 4. The average molecular weight is 422 g/mol. The third-order valence-electron chi connectivity index (χ3n) is 5.57. The Hall–Kier alpha value is -3.55. The number of carbonyl (C=O) groups is 2. The summed E-state index contributed by atoms with van der Waals surface area (Å²) in [6, 6.07) is 12.8. The molecule has 3 N–H and O–H groups in total. The Labute approximate surface area is 181 Å². The number of aromatic nitrogens is 2. The number of carbonyl (C=O) groups excluding carboxylic acids is 2. The molecule has 1 heterocycles. The highest BCUT2D eigenvalue weighted by atomic mass is 16.5. The maximum Gasteiger partial charge on any atom is 0.319 e. The van der Waals surface area contributed by atoms with Crippen molar-refractivity contribution >= 4 is 28.7 Å². The number of fused-ring (bicyclic) bond motifs is 1. The van der Waals surface area contributed by atoms with E-state index in [0.717, 1.165) is 23.9 Å². The van der Waals surface area contributed by atoms with Crippen LogP contribution in [-0.2, 0) is 6.54 Å². The number of imidazole rings is 1. The molecule has 0 spiro atoms. The Kier molecular flexibility index (Phi) is 6.35. The topological polar surface area (TPSA) is 97.3 Å². The zero-order chi connectivity index (χ0) is 21.6. The van der Waals surface area contributed by atoms with Crippen molar-refractivity contribution in [3.8, 4) is 5.75 Å². The molecule has 0 atom stereocenters. The molecule has 31 heavy (non-hydrogen) atoms. The van der Waals surface area contributed by atoms with Crippen molar-refractivity contribution in [1.82, 2.24) is 20.2 Å². The quantitative estimate of drug-likeness (QED) is 0.544. The summed E-state index contributed by atoms with van der Waals surface area (Å²) >= 11 is 0. The highest BCUT2D eigenvalue weighted by Crippen LogP contribution is 2.23. The lowest BCUT2D eigenvalue weighted by Gasteiger charge is -2.12. The van der Waals surface area contributed by atoms with Gasteiger partial charge in [-0.25, -0.2) is 9.78 Å². The minimum Gasteiger partial charge on any atom is -0.495 e. The molecule has 0 aliphatic heterocycles. The zero-order valence-corrected chi connectivity index (χ0v) is 17.6. The first-order valence-electron chi connectivity index (χ1n) is 10.6. The van der Waals surface area contributed by atoms with Crippen molar-refractivity contribution in [2.24, 2.45) is 0 Å². The lowest BCUT2D eigenvalue weighted by molar-refractivity contribution is 0.0938. The van der Waals surface area contributed by atoms with Crippen LogP contribution in [-0.4, -0.2) is 41.2 Å². The first kappa shape index (κ1) is 20.7. The van der Waals surface area contributed by atoms with Crippen molar-refractivity contribution in [1.29, 1.82) is 0 Å². The molecule has 3 amide bonds. The smallest absolute Gasteiger partial charge is 0.319 e. The van der Waals surface area contributed by atoms with Crippen LogP contribution in [0.3, 0.4) is 0 Å². The van der Waals surface area contributed by atoms with E-state index in [1.165, 1.54) is 12.8 Å². The molecule has 0 unspecified atom stereocenters. The van der Waals surface area contributed by atoms with Gasteiger partial charge in [0.15, 0.2) is 0 Å². The molecule has 0 saturated heterocycles. The summed E-state index contributed by atoms with van der Waals surface area (Å²) in [5.74, 6) is 0.559. The predicted molar refractivity (Wildman–Crippen MR) is 119 cm³/mol. The van der Waals surface area contributed by atoms with Crippen molar-refractivity contribution in [2.75, 3.05) is 19.0 Å². The second-order valence-electron chi connectivity index (χ2n) is 7.68. The second kappa shape index (κ2) is 9.51. The number of benzene rings is 2. The van der Waals surface area contributed by atoms with Crippen LogP contribution in [0.4, 0.5) is 10.5 Å². The monoisotopic (exact) mass is 421 g/mol. The van der Waals surface area contributed by atoms with Crippen LogP contribution in [0.1, 0.15) is 36.0 Å². The van der Waals surface area contributed by atoms with Crippen molar-refractivity contribution < 1.29 is 14.3 Å². The molecule has 4 rings (SSSR count). The number of hydrogen-bond donors (Lipinski definition) is 3. The number of anilines is 1. The van der Waals surface area contributed by atoms with Gasteiger partial charge in [0.2, 0.25) is 0 Å². The van der Waals surface area contributed by atoms with E-state index in [0.29, 0.717) is 30.1 Å². The van der Waals surface area contributed by atoms with Gasteiger partial charge in [-0.15, -0.1) is 0 Å². The number of rotatable bonds is 7. The van der Waals surface area contributed by atoms with Crippen LogP contribution >= 0.6 is 0 Å². The minimum atomic E-state index is -0.306. The summed E-state index contributed by atoms with van der Waals surface area (Å²) in [6.07, 6.45) is 6.20. The predicted octanol–water partition coefficient (Wildman–Crippen LogP) is 3.54. The van der Waals surface area contributed by atoms with Crippen molar-refractivity contribution in [2.45, 2.75) is 38.3 Å². The van der Waals surface area contributed by atoms with Gasteiger partial charge in [-0.05, 0) is 43.2 Å². The van der Waals surface area contributed by atoms with Crippen molar-refractivity contribution in [3.63, 3.8) is 0 Å². The van der Waals surface area contributed by atoms with Gasteiger partial charge in [-0.1, -0.05) is 25.0 Å². The first-order chi connectivity index (χ1) is 15.1. The molecular weight excluding hydrogens is 394 g/mol. The fourth-order valence-corrected chi connectivity index (χ4v) is 3.93. The van der Waals surface area contributed by atoms with E-state index in [-0.39, 0.29) is 18.0 Å². The molecule has 1 saturated carbocycles. The number of methoxy groups -OCH3 is 1. The molecule has 2 aromatic carbocycles. The van der Waals surface area contributed by atoms with Crippen LogP contribution in [0, 0.1) is 0 Å². The van der Waals surface area contributed by atoms with Gasteiger partial charge in [-0.2, -0.15) is 0 Å². The first-order valence-corrected chi connectivity index (χ1v) is 10.6. The van der Waals surface area contributed by atoms with Gasteiger partial charge >= 0.3 is 6.03 Å². The SMILES string of the molecule is COc1ccccc1NC(=O)NCCn1cnc2cc(C(=O)NC3CCCC3)ccc21. The largest absolute Gasteiger partial charge is 0.495 e. The molecule has 0 bridgehead atoms. The summed E-state index contributed by atoms with van der Waals surface area (Å²) in [4.78, 5) is 29.1. The number of nitrogens with zero attached hydrogens (tertiary/aromatic N) is 2. The van der Waals surface area contributed by atoms with Gasteiger partial charge in [0, 0.05) is 24.7 Å². The molecule has 8 heteroatoms. The van der Waals surface area contributed by atoms with E-state index < -0.39 is 0 Å². The average Bonchev–Trinajstić information content (AvgIpc) is 3.43. The van der Waals surface area contributed by atoms with Gasteiger partial charge in [0.05, 0.1) is 30.2 Å². The Morgan fingerprint density at radius 2 is 1.97 bits per heavy atom. The molecule has 8 nitrogen and oxygen atoms in total. The summed E-state index contributed by atoms with van der Waals surface area (Å²) < 4.78 is 7.19. The Balaban J connectivity index is 1.32. The van der Waals surface area contributed by atoms with Gasteiger partial charge in [0.25, 0.3) is 5.91 Å². The molecular formula is C23H27N5O3. The van der Waals surface area contributed by atoms with Crippen LogP contribution in [0.5, 0.6) is 5.75 Å². The third-order valence-corrected chi connectivity index (χ3v) is 5.57. The molecule has 1 aliphatic carbocycles. The molecule has 162 valence electrons. The summed E-state index contributed by atoms with van der Waals surface area (Å²) in [5.41, 5.74) is 2.92. The minimum absolute atomic E-state index is 0.0435. The maximum absolute atomic E-state index is 12.5. The lowest BCUT2D eigenvalue weighted by atomic mass is 10.1. The number of amides is 3. The van der Waals surface area contributed by atoms with E-state index >= 15 is 0 Å². The fourth-order valence-electron chi connectivity index (χ4n) is 3.93. The maximum atomic E-state index is 12.5. The Morgan fingerprint density at radius 1 is 1.16 bits per heavy atom. The van der Waals surface area contributed by atoms with E-state index in [9.17, 15) is 9.59 Å². The third kappa shape index (κ3) is 4.96. The van der Waals surface area contributed by atoms with Crippen LogP contribution in [0.25, 0.3) is 11.0 Å². The van der Waals surface area contributed by atoms with Crippen LogP contribution in [0.2, 0.25) is 0 Å².